The van der Waals surface area contributed by atoms with Crippen LogP contribution in [0.3, 0.4) is 0 Å². The fraction of sp³-hybridized carbons (Fsp3) is 0.182. The molecule has 2 N–H and O–H groups in total. The molecule has 15 heavy (non-hydrogen) atoms. The van der Waals surface area contributed by atoms with Crippen molar-refractivity contribution in [3.8, 4) is 0 Å². The number of benzene rings is 1. The number of esters is 1. The third-order valence-electron chi connectivity index (χ3n) is 1.81. The predicted molar refractivity (Wildman–Crippen MR) is 62.7 cm³/mol. The van der Waals surface area contributed by atoms with Gasteiger partial charge in [0, 0.05) is 6.54 Å². The molecule has 0 aliphatic heterocycles. The molecule has 0 saturated heterocycles. The van der Waals surface area contributed by atoms with E-state index in [0.29, 0.717) is 5.57 Å². The first-order valence-electron chi connectivity index (χ1n) is 4.32. The van der Waals surface area contributed by atoms with Gasteiger partial charge < -0.3 is 10.5 Å². The minimum atomic E-state index is -0.378. The van der Waals surface area contributed by atoms with Gasteiger partial charge in [0.2, 0.25) is 0 Å². The van der Waals surface area contributed by atoms with E-state index in [1.807, 2.05) is 30.3 Å². The second-order valence-corrected chi connectivity index (χ2v) is 2.78. The molecule has 0 aromatic heterocycles. The van der Waals surface area contributed by atoms with Crippen LogP contribution < -0.4 is 5.73 Å². The highest BCUT2D eigenvalue weighted by Crippen LogP contribution is 2.06. The molecule has 1 aromatic carbocycles. The summed E-state index contributed by atoms with van der Waals surface area (Å²) in [7, 11) is 1.34. The fourth-order valence-electron chi connectivity index (χ4n) is 1.08. The summed E-state index contributed by atoms with van der Waals surface area (Å²) in [6.07, 6.45) is 1.73. The number of carbonyl (C=O) groups excluding carboxylic acids is 1. The van der Waals surface area contributed by atoms with Gasteiger partial charge in [0.25, 0.3) is 0 Å². The second kappa shape index (κ2) is 7.04. The fourth-order valence-corrected chi connectivity index (χ4v) is 1.08. The maximum atomic E-state index is 11.2. The Bertz CT molecular complexity index is 336. The Hall–Kier alpha value is -1.32. The summed E-state index contributed by atoms with van der Waals surface area (Å²) in [6.45, 7) is 0.182. The first-order chi connectivity index (χ1) is 6.77. The zero-order valence-corrected chi connectivity index (χ0v) is 9.29. The number of halogens is 1. The van der Waals surface area contributed by atoms with Gasteiger partial charge in [0.05, 0.1) is 12.7 Å². The minimum Gasteiger partial charge on any atom is -0.466 e. The van der Waals surface area contributed by atoms with Crippen molar-refractivity contribution in [1.29, 1.82) is 0 Å². The van der Waals surface area contributed by atoms with E-state index in [0.717, 1.165) is 5.56 Å². The lowest BCUT2D eigenvalue weighted by molar-refractivity contribution is -0.136. The molecule has 0 bridgehead atoms. The molecule has 0 atom stereocenters. The van der Waals surface area contributed by atoms with Gasteiger partial charge in [-0.2, -0.15) is 0 Å². The highest BCUT2D eigenvalue weighted by Gasteiger charge is 2.06. The Balaban J connectivity index is 0.00000196. The normalized spacial score (nSPS) is 10.4. The van der Waals surface area contributed by atoms with Crippen LogP contribution >= 0.6 is 12.4 Å². The number of rotatable bonds is 3. The quantitative estimate of drug-likeness (QED) is 0.631. The lowest BCUT2D eigenvalue weighted by Gasteiger charge is -2.01. The van der Waals surface area contributed by atoms with Gasteiger partial charge in [-0.1, -0.05) is 30.3 Å². The van der Waals surface area contributed by atoms with Crippen LogP contribution in [0.1, 0.15) is 5.56 Å². The van der Waals surface area contributed by atoms with E-state index in [9.17, 15) is 4.79 Å². The van der Waals surface area contributed by atoms with Crippen molar-refractivity contribution < 1.29 is 9.53 Å². The molecule has 1 rings (SSSR count). The summed E-state index contributed by atoms with van der Waals surface area (Å²) in [6, 6.07) is 9.52. The third-order valence-corrected chi connectivity index (χ3v) is 1.81. The van der Waals surface area contributed by atoms with Crippen molar-refractivity contribution in [2.45, 2.75) is 0 Å². The van der Waals surface area contributed by atoms with Gasteiger partial charge in [-0.3, -0.25) is 0 Å². The van der Waals surface area contributed by atoms with Crippen molar-refractivity contribution in [3.05, 3.63) is 41.5 Å². The summed E-state index contributed by atoms with van der Waals surface area (Å²) in [5.74, 6) is -0.378. The summed E-state index contributed by atoms with van der Waals surface area (Å²) >= 11 is 0. The number of carbonyl (C=O) groups is 1. The van der Waals surface area contributed by atoms with Crippen LogP contribution in [-0.2, 0) is 9.53 Å². The zero-order chi connectivity index (χ0) is 10.4. The average molecular weight is 228 g/mol. The van der Waals surface area contributed by atoms with Gasteiger partial charge in [0.1, 0.15) is 0 Å². The van der Waals surface area contributed by atoms with Gasteiger partial charge in [-0.05, 0) is 11.6 Å². The van der Waals surface area contributed by atoms with E-state index < -0.39 is 0 Å². The van der Waals surface area contributed by atoms with Gasteiger partial charge in [-0.15, -0.1) is 12.4 Å². The number of nitrogens with two attached hydrogens (primary N) is 1. The molecule has 0 radical (unpaired) electrons. The molecule has 0 heterocycles. The highest BCUT2D eigenvalue weighted by atomic mass is 35.5. The summed E-state index contributed by atoms with van der Waals surface area (Å²) in [5, 5.41) is 0. The van der Waals surface area contributed by atoms with E-state index >= 15 is 0 Å². The van der Waals surface area contributed by atoms with Crippen molar-refractivity contribution in [1.82, 2.24) is 0 Å². The van der Waals surface area contributed by atoms with Crippen LogP contribution in [0.2, 0.25) is 0 Å². The van der Waals surface area contributed by atoms with Gasteiger partial charge >= 0.3 is 5.97 Å². The van der Waals surface area contributed by atoms with Crippen molar-refractivity contribution in [2.75, 3.05) is 13.7 Å². The Kier molecular flexibility index (Phi) is 6.42. The molecule has 0 spiro atoms. The van der Waals surface area contributed by atoms with Crippen molar-refractivity contribution in [2.24, 2.45) is 5.73 Å². The van der Waals surface area contributed by atoms with Crippen LogP contribution in [0.25, 0.3) is 6.08 Å². The molecular weight excluding hydrogens is 214 g/mol. The second-order valence-electron chi connectivity index (χ2n) is 2.78. The number of methoxy groups -OCH3 is 1. The molecule has 0 saturated carbocycles. The molecule has 1 aromatic rings. The monoisotopic (exact) mass is 227 g/mol. The van der Waals surface area contributed by atoms with Crippen LogP contribution in [0, 0.1) is 0 Å². The average Bonchev–Trinajstić information content (AvgIpc) is 2.26. The highest BCUT2D eigenvalue weighted by molar-refractivity contribution is 5.94. The number of hydrogen-bond donors (Lipinski definition) is 1. The Morgan fingerprint density at radius 3 is 2.47 bits per heavy atom. The van der Waals surface area contributed by atoms with E-state index in [2.05, 4.69) is 4.74 Å². The van der Waals surface area contributed by atoms with Crippen LogP contribution in [0.15, 0.2) is 35.9 Å². The summed E-state index contributed by atoms with van der Waals surface area (Å²) in [4.78, 5) is 11.2. The molecule has 0 aliphatic carbocycles. The first-order valence-corrected chi connectivity index (χ1v) is 4.32. The predicted octanol–water partition coefficient (Wildman–Crippen LogP) is 1.62. The molecule has 0 amide bonds. The third kappa shape index (κ3) is 4.14. The number of hydrogen-bond acceptors (Lipinski definition) is 3. The molecule has 3 nitrogen and oxygen atoms in total. The standard InChI is InChI=1S/C11H13NO2.ClH/c1-14-11(13)10(8-12)7-9-5-3-2-4-6-9;/h2-7H,8,12H2,1H3;1H/b10-7+;. The van der Waals surface area contributed by atoms with Crippen molar-refractivity contribution >= 4 is 24.5 Å². The Morgan fingerprint density at radius 1 is 1.40 bits per heavy atom. The number of ether oxygens (including phenoxy) is 1. The molecule has 82 valence electrons. The molecule has 0 aliphatic rings. The van der Waals surface area contributed by atoms with Crippen LogP contribution in [0.4, 0.5) is 0 Å². The maximum absolute atomic E-state index is 11.2. The lowest BCUT2D eigenvalue weighted by atomic mass is 10.1. The van der Waals surface area contributed by atoms with Gasteiger partial charge in [-0.25, -0.2) is 4.79 Å². The maximum Gasteiger partial charge on any atom is 0.335 e. The smallest absolute Gasteiger partial charge is 0.335 e. The molecular formula is C11H14ClNO2. The minimum absolute atomic E-state index is 0. The topological polar surface area (TPSA) is 52.3 Å². The molecule has 0 unspecified atom stereocenters. The van der Waals surface area contributed by atoms with Gasteiger partial charge in [0.15, 0.2) is 0 Å². The Morgan fingerprint density at radius 2 is 2.00 bits per heavy atom. The summed E-state index contributed by atoms with van der Waals surface area (Å²) in [5.41, 5.74) is 6.84. The van der Waals surface area contributed by atoms with Crippen LogP contribution in [-0.4, -0.2) is 19.6 Å². The zero-order valence-electron chi connectivity index (χ0n) is 8.47. The van der Waals surface area contributed by atoms with Crippen molar-refractivity contribution in [3.63, 3.8) is 0 Å². The Labute approximate surface area is 95.3 Å². The summed E-state index contributed by atoms with van der Waals surface area (Å²) < 4.78 is 4.59. The lowest BCUT2D eigenvalue weighted by Crippen LogP contribution is -2.13. The van der Waals surface area contributed by atoms with E-state index in [1.54, 1.807) is 6.08 Å². The first kappa shape index (κ1) is 13.7. The van der Waals surface area contributed by atoms with E-state index in [-0.39, 0.29) is 24.9 Å². The van der Waals surface area contributed by atoms with E-state index in [4.69, 9.17) is 5.73 Å². The van der Waals surface area contributed by atoms with E-state index in [1.165, 1.54) is 7.11 Å². The SMILES string of the molecule is COC(=O)/C(=C/c1ccccc1)CN.Cl. The molecule has 0 fully saturated rings. The molecule has 4 heteroatoms. The van der Waals surface area contributed by atoms with Crippen LogP contribution in [0.5, 0.6) is 0 Å². The largest absolute Gasteiger partial charge is 0.466 e.